The van der Waals surface area contributed by atoms with Crippen molar-refractivity contribution in [3.8, 4) is 6.07 Å². The monoisotopic (exact) mass is 375 g/mol. The number of hydrogen-bond donors (Lipinski definition) is 3. The highest BCUT2D eigenvalue weighted by molar-refractivity contribution is 6.30. The molecule has 1 amide bonds. The molecule has 1 saturated carbocycles. The maximum absolute atomic E-state index is 12.8. The van der Waals surface area contributed by atoms with Gasteiger partial charge in [-0.05, 0) is 56.1 Å². The van der Waals surface area contributed by atoms with Crippen LogP contribution in [0.3, 0.4) is 0 Å². The first kappa shape index (κ1) is 19.1. The predicted molar refractivity (Wildman–Crippen MR) is 101 cm³/mol. The van der Waals surface area contributed by atoms with Crippen molar-refractivity contribution in [1.82, 2.24) is 21.2 Å². The standard InChI is InChI=1S/C19H26ClN5O/c1-9(2)16-13-7-12(5-6-15(13)24-25-16)22-19(26)17-11(4)10(3)14(8-21)18(20)23-17/h9,12-13,15-16,24-25H,5-7H2,1-4H3,(H,22,26). The molecule has 0 aromatic carbocycles. The Morgan fingerprint density at radius 2 is 2.04 bits per heavy atom. The van der Waals surface area contributed by atoms with Gasteiger partial charge in [-0.2, -0.15) is 5.26 Å². The normalized spacial score (nSPS) is 27.9. The average Bonchev–Trinajstić information content (AvgIpc) is 3.02. The Labute approximate surface area is 159 Å². The van der Waals surface area contributed by atoms with Crippen LogP contribution in [0.4, 0.5) is 0 Å². The van der Waals surface area contributed by atoms with Gasteiger partial charge in [-0.3, -0.25) is 15.6 Å². The molecule has 1 aliphatic heterocycles. The van der Waals surface area contributed by atoms with Gasteiger partial charge in [-0.15, -0.1) is 0 Å². The van der Waals surface area contributed by atoms with E-state index in [1.807, 2.05) is 6.92 Å². The molecule has 1 aromatic rings. The Hall–Kier alpha value is -1.68. The number of nitrogens with zero attached hydrogens (tertiary/aromatic N) is 2. The minimum Gasteiger partial charge on any atom is -0.348 e. The molecular weight excluding hydrogens is 350 g/mol. The van der Waals surface area contributed by atoms with Crippen LogP contribution in [0.1, 0.15) is 60.3 Å². The molecule has 0 spiro atoms. The number of carbonyl (C=O) groups is 1. The van der Waals surface area contributed by atoms with Crippen LogP contribution >= 0.6 is 11.6 Å². The van der Waals surface area contributed by atoms with E-state index in [9.17, 15) is 10.1 Å². The number of hydrogen-bond acceptors (Lipinski definition) is 5. The molecule has 3 rings (SSSR count). The lowest BCUT2D eigenvalue weighted by atomic mass is 9.76. The lowest BCUT2D eigenvalue weighted by Crippen LogP contribution is -2.45. The second-order valence-electron chi connectivity index (χ2n) is 7.80. The van der Waals surface area contributed by atoms with Crippen molar-refractivity contribution in [3.63, 3.8) is 0 Å². The summed E-state index contributed by atoms with van der Waals surface area (Å²) >= 11 is 6.09. The molecule has 2 fully saturated rings. The van der Waals surface area contributed by atoms with Gasteiger partial charge in [0.2, 0.25) is 0 Å². The summed E-state index contributed by atoms with van der Waals surface area (Å²) in [5.74, 6) is 0.839. The Kier molecular flexibility index (Phi) is 5.52. The summed E-state index contributed by atoms with van der Waals surface area (Å²) in [6.45, 7) is 8.05. The zero-order chi connectivity index (χ0) is 19.0. The molecule has 3 N–H and O–H groups in total. The Morgan fingerprint density at radius 3 is 2.69 bits per heavy atom. The van der Waals surface area contributed by atoms with E-state index in [2.05, 4.69) is 41.1 Å². The van der Waals surface area contributed by atoms with Crippen molar-refractivity contribution in [1.29, 1.82) is 5.26 Å². The van der Waals surface area contributed by atoms with Gasteiger partial charge in [0.15, 0.2) is 0 Å². The third-order valence-electron chi connectivity index (χ3n) is 5.89. The van der Waals surface area contributed by atoms with E-state index < -0.39 is 0 Å². The largest absolute Gasteiger partial charge is 0.348 e. The van der Waals surface area contributed by atoms with Crippen LogP contribution < -0.4 is 16.2 Å². The average molecular weight is 376 g/mol. The maximum Gasteiger partial charge on any atom is 0.270 e. The van der Waals surface area contributed by atoms with E-state index in [1.165, 1.54) is 0 Å². The fourth-order valence-electron chi connectivity index (χ4n) is 4.25. The number of nitriles is 1. The van der Waals surface area contributed by atoms with Crippen LogP contribution in [0.5, 0.6) is 0 Å². The molecule has 2 aliphatic rings. The lowest BCUT2D eigenvalue weighted by Gasteiger charge is -2.34. The molecule has 1 saturated heterocycles. The van der Waals surface area contributed by atoms with E-state index in [0.29, 0.717) is 46.3 Å². The molecule has 140 valence electrons. The van der Waals surface area contributed by atoms with Crippen LogP contribution in [0, 0.1) is 37.0 Å². The highest BCUT2D eigenvalue weighted by atomic mass is 35.5. The molecule has 4 unspecified atom stereocenters. The van der Waals surface area contributed by atoms with Crippen LogP contribution in [-0.2, 0) is 0 Å². The van der Waals surface area contributed by atoms with Crippen LogP contribution in [0.15, 0.2) is 0 Å². The fourth-order valence-corrected chi connectivity index (χ4v) is 4.52. The third-order valence-corrected chi connectivity index (χ3v) is 6.16. The summed E-state index contributed by atoms with van der Waals surface area (Å²) in [7, 11) is 0. The number of pyridine rings is 1. The second-order valence-corrected chi connectivity index (χ2v) is 8.16. The van der Waals surface area contributed by atoms with Crippen molar-refractivity contribution in [2.75, 3.05) is 0 Å². The van der Waals surface area contributed by atoms with Gasteiger partial charge in [0.1, 0.15) is 16.9 Å². The summed E-state index contributed by atoms with van der Waals surface area (Å²) in [6.07, 6.45) is 2.92. The van der Waals surface area contributed by atoms with Crippen molar-refractivity contribution >= 4 is 17.5 Å². The number of nitrogens with one attached hydrogen (secondary N) is 3. The third kappa shape index (κ3) is 3.44. The first-order valence-corrected chi connectivity index (χ1v) is 9.60. The second kappa shape index (κ2) is 7.51. The van der Waals surface area contributed by atoms with Gasteiger partial charge in [0.05, 0.1) is 5.56 Å². The fraction of sp³-hybridized carbons (Fsp3) is 0.632. The topological polar surface area (TPSA) is 89.8 Å². The minimum absolute atomic E-state index is 0.0912. The summed E-state index contributed by atoms with van der Waals surface area (Å²) < 4.78 is 0. The molecule has 1 aromatic heterocycles. The van der Waals surface area contributed by atoms with E-state index in [4.69, 9.17) is 11.6 Å². The van der Waals surface area contributed by atoms with Crippen LogP contribution in [0.2, 0.25) is 5.15 Å². The molecule has 0 bridgehead atoms. The van der Waals surface area contributed by atoms with Crippen LogP contribution in [0.25, 0.3) is 0 Å². The molecule has 26 heavy (non-hydrogen) atoms. The zero-order valence-electron chi connectivity index (χ0n) is 15.7. The van der Waals surface area contributed by atoms with Gasteiger partial charge in [0, 0.05) is 18.1 Å². The van der Waals surface area contributed by atoms with Crippen molar-refractivity contribution in [2.24, 2.45) is 11.8 Å². The number of carbonyl (C=O) groups excluding carboxylic acids is 1. The number of hydrazine groups is 1. The van der Waals surface area contributed by atoms with Crippen molar-refractivity contribution in [2.45, 2.75) is 65.1 Å². The zero-order valence-corrected chi connectivity index (χ0v) is 16.4. The Bertz CT molecular complexity index is 757. The number of fused-ring (bicyclic) bond motifs is 1. The van der Waals surface area contributed by atoms with Gasteiger partial charge < -0.3 is 5.32 Å². The summed E-state index contributed by atoms with van der Waals surface area (Å²) in [6, 6.07) is 3.08. The van der Waals surface area contributed by atoms with E-state index in [1.54, 1.807) is 6.92 Å². The first-order valence-electron chi connectivity index (χ1n) is 9.22. The smallest absolute Gasteiger partial charge is 0.270 e. The Morgan fingerprint density at radius 1 is 1.31 bits per heavy atom. The first-order chi connectivity index (χ1) is 12.3. The van der Waals surface area contributed by atoms with E-state index in [-0.39, 0.29) is 17.1 Å². The van der Waals surface area contributed by atoms with Crippen molar-refractivity contribution in [3.05, 3.63) is 27.5 Å². The molecular formula is C19H26ClN5O. The van der Waals surface area contributed by atoms with Crippen LogP contribution in [-0.4, -0.2) is 29.0 Å². The molecule has 1 aliphatic carbocycles. The summed E-state index contributed by atoms with van der Waals surface area (Å²) in [5, 5.41) is 12.4. The molecule has 2 heterocycles. The highest BCUT2D eigenvalue weighted by Gasteiger charge is 2.41. The molecule has 4 atom stereocenters. The number of halogens is 1. The van der Waals surface area contributed by atoms with Gasteiger partial charge in [0.25, 0.3) is 5.91 Å². The van der Waals surface area contributed by atoms with Gasteiger partial charge in [-0.1, -0.05) is 25.4 Å². The Balaban J connectivity index is 1.74. The minimum atomic E-state index is -0.208. The molecule has 0 radical (unpaired) electrons. The maximum atomic E-state index is 12.8. The highest BCUT2D eigenvalue weighted by Crippen LogP contribution is 2.33. The predicted octanol–water partition coefficient (Wildman–Crippen LogP) is 2.62. The quantitative estimate of drug-likeness (QED) is 0.706. The van der Waals surface area contributed by atoms with E-state index in [0.717, 1.165) is 19.3 Å². The summed E-state index contributed by atoms with van der Waals surface area (Å²) in [4.78, 5) is 17.0. The van der Waals surface area contributed by atoms with Gasteiger partial charge >= 0.3 is 0 Å². The van der Waals surface area contributed by atoms with Gasteiger partial charge in [-0.25, -0.2) is 4.98 Å². The molecule has 6 nitrogen and oxygen atoms in total. The summed E-state index contributed by atoms with van der Waals surface area (Å²) in [5.41, 5.74) is 8.90. The van der Waals surface area contributed by atoms with E-state index >= 15 is 0 Å². The lowest BCUT2D eigenvalue weighted by molar-refractivity contribution is 0.0907. The number of aromatic nitrogens is 1. The molecule has 7 heteroatoms. The number of rotatable bonds is 3. The van der Waals surface area contributed by atoms with Crippen molar-refractivity contribution < 1.29 is 4.79 Å². The SMILES string of the molecule is Cc1c(C(=O)NC2CCC3NNC(C(C)C)C3C2)nc(Cl)c(C#N)c1C. The number of amides is 1.